The zero-order valence-corrected chi connectivity index (χ0v) is 9.51. The molecule has 0 fully saturated rings. The van der Waals surface area contributed by atoms with Crippen molar-refractivity contribution in [1.82, 2.24) is 4.98 Å². The Morgan fingerprint density at radius 1 is 1.07 bits per heavy atom. The highest BCUT2D eigenvalue weighted by Gasteiger charge is 1.99. The van der Waals surface area contributed by atoms with Crippen molar-refractivity contribution < 1.29 is 3.07 Å². The Hall–Kier alpha value is -1.10. The second-order valence-corrected chi connectivity index (χ2v) is 3.26. The van der Waals surface area contributed by atoms with Crippen LogP contribution in [-0.2, 0) is 0 Å². The molecule has 14 heavy (non-hydrogen) atoms. The van der Waals surface area contributed by atoms with Gasteiger partial charge >= 0.3 is 0 Å². The molecule has 0 unspecified atom stereocenters. The molecule has 2 nitrogen and oxygen atoms in total. The topological polar surface area (TPSA) is 22.1 Å². The molecule has 70 valence electrons. The fraction of sp³-hybridized carbons (Fsp3) is 0. The molecule has 0 radical (unpaired) electrons. The second-order valence-electron chi connectivity index (χ2n) is 2.82. The van der Waals surface area contributed by atoms with Crippen molar-refractivity contribution in [3.05, 3.63) is 48.7 Å². The molecule has 1 aromatic heterocycles. The number of pyridine rings is 1. The number of rotatable bonds is 2. The summed E-state index contributed by atoms with van der Waals surface area (Å²) in [5.74, 6) is 0.841. The van der Waals surface area contributed by atoms with Gasteiger partial charge in [-0.05, 0) is 24.3 Å². The highest BCUT2D eigenvalue weighted by molar-refractivity contribution is 14.1. The van der Waals surface area contributed by atoms with E-state index in [2.05, 4.69) is 4.98 Å². The van der Waals surface area contributed by atoms with Crippen molar-refractivity contribution in [2.24, 2.45) is 0 Å². The molecule has 0 aliphatic carbocycles. The van der Waals surface area contributed by atoms with E-state index >= 15 is 0 Å². The zero-order valence-electron chi connectivity index (χ0n) is 7.35. The standard InChI is InChI=1S/C11H8INO/c12-14-10-5-3-4-9(8-10)11-6-1-2-7-13-11/h1-8H. The predicted molar refractivity (Wildman–Crippen MR) is 64.3 cm³/mol. The van der Waals surface area contributed by atoms with Crippen LogP contribution in [0.15, 0.2) is 48.7 Å². The summed E-state index contributed by atoms with van der Waals surface area (Å²) in [5.41, 5.74) is 2.03. The summed E-state index contributed by atoms with van der Waals surface area (Å²) < 4.78 is 5.12. The van der Waals surface area contributed by atoms with E-state index in [1.54, 1.807) is 6.20 Å². The highest BCUT2D eigenvalue weighted by atomic mass is 127. The number of aromatic nitrogens is 1. The van der Waals surface area contributed by atoms with Gasteiger partial charge in [0.15, 0.2) is 23.0 Å². The Morgan fingerprint density at radius 3 is 2.71 bits per heavy atom. The van der Waals surface area contributed by atoms with E-state index in [1.807, 2.05) is 65.5 Å². The van der Waals surface area contributed by atoms with Crippen molar-refractivity contribution >= 4 is 23.0 Å². The summed E-state index contributed by atoms with van der Waals surface area (Å²) in [6, 6.07) is 13.7. The molecule has 0 amide bonds. The Labute approximate surface area is 96.6 Å². The van der Waals surface area contributed by atoms with E-state index in [4.69, 9.17) is 3.07 Å². The maximum absolute atomic E-state index is 5.12. The third-order valence-electron chi connectivity index (χ3n) is 1.88. The van der Waals surface area contributed by atoms with Crippen molar-refractivity contribution in [3.63, 3.8) is 0 Å². The number of hydrogen-bond acceptors (Lipinski definition) is 2. The first-order chi connectivity index (χ1) is 6.90. The molecule has 0 saturated heterocycles. The molecule has 0 bridgehead atoms. The van der Waals surface area contributed by atoms with Crippen molar-refractivity contribution in [3.8, 4) is 17.0 Å². The third kappa shape index (κ3) is 2.04. The summed E-state index contributed by atoms with van der Waals surface area (Å²) in [4.78, 5) is 4.27. The van der Waals surface area contributed by atoms with Crippen LogP contribution in [0.25, 0.3) is 11.3 Å². The Kier molecular flexibility index (Phi) is 2.98. The minimum atomic E-state index is 0.841. The maximum atomic E-state index is 5.12. The van der Waals surface area contributed by atoms with Crippen LogP contribution in [0.4, 0.5) is 0 Å². The number of nitrogens with zero attached hydrogens (tertiary/aromatic N) is 1. The van der Waals surface area contributed by atoms with Gasteiger partial charge in [0.25, 0.3) is 0 Å². The zero-order chi connectivity index (χ0) is 9.80. The first-order valence-corrected chi connectivity index (χ1v) is 5.08. The molecule has 0 saturated carbocycles. The lowest BCUT2D eigenvalue weighted by molar-refractivity contribution is 0.717. The Morgan fingerprint density at radius 2 is 2.00 bits per heavy atom. The molecule has 1 aromatic carbocycles. The van der Waals surface area contributed by atoms with E-state index in [9.17, 15) is 0 Å². The fourth-order valence-electron chi connectivity index (χ4n) is 1.24. The van der Waals surface area contributed by atoms with Crippen molar-refractivity contribution in [2.75, 3.05) is 0 Å². The molecule has 2 rings (SSSR count). The smallest absolute Gasteiger partial charge is 0.192 e. The van der Waals surface area contributed by atoms with Gasteiger partial charge < -0.3 is 3.07 Å². The molecular formula is C11H8INO. The minimum Gasteiger partial charge on any atom is -0.428 e. The van der Waals surface area contributed by atoms with E-state index in [-0.39, 0.29) is 0 Å². The van der Waals surface area contributed by atoms with Gasteiger partial charge in [0.2, 0.25) is 0 Å². The van der Waals surface area contributed by atoms with E-state index < -0.39 is 0 Å². The quantitative estimate of drug-likeness (QED) is 0.792. The highest BCUT2D eigenvalue weighted by Crippen LogP contribution is 2.22. The molecule has 1 heterocycles. The molecular weight excluding hydrogens is 289 g/mol. The lowest BCUT2D eigenvalue weighted by atomic mass is 10.1. The minimum absolute atomic E-state index is 0.841. The van der Waals surface area contributed by atoms with Gasteiger partial charge in [-0.15, -0.1) is 0 Å². The van der Waals surface area contributed by atoms with Gasteiger partial charge in [-0.2, -0.15) is 0 Å². The van der Waals surface area contributed by atoms with E-state index in [0.717, 1.165) is 17.0 Å². The summed E-state index contributed by atoms with van der Waals surface area (Å²) in [6.45, 7) is 0. The van der Waals surface area contributed by atoms with E-state index in [1.165, 1.54) is 0 Å². The lowest BCUT2D eigenvalue weighted by Crippen LogP contribution is -1.82. The van der Waals surface area contributed by atoms with Crippen molar-refractivity contribution in [2.45, 2.75) is 0 Å². The number of hydrogen-bond donors (Lipinski definition) is 0. The van der Waals surface area contributed by atoms with Crippen LogP contribution in [-0.4, -0.2) is 4.98 Å². The summed E-state index contributed by atoms with van der Waals surface area (Å²) in [6.07, 6.45) is 1.78. The average molecular weight is 297 g/mol. The molecule has 0 N–H and O–H groups in total. The molecule has 0 atom stereocenters. The van der Waals surface area contributed by atoms with Gasteiger partial charge in [0.1, 0.15) is 5.75 Å². The summed E-state index contributed by atoms with van der Waals surface area (Å²) >= 11 is 1.87. The monoisotopic (exact) mass is 297 g/mol. The fourth-order valence-corrected chi connectivity index (χ4v) is 1.51. The molecule has 2 aromatic rings. The van der Waals surface area contributed by atoms with Gasteiger partial charge in [0.05, 0.1) is 5.69 Å². The third-order valence-corrected chi connectivity index (χ3v) is 2.39. The molecule has 0 spiro atoms. The average Bonchev–Trinajstić information content (AvgIpc) is 2.30. The van der Waals surface area contributed by atoms with Gasteiger partial charge in [-0.1, -0.05) is 18.2 Å². The molecule has 3 heteroatoms. The SMILES string of the molecule is IOc1cccc(-c2ccccn2)c1. The molecule has 0 aliphatic heterocycles. The van der Waals surface area contributed by atoms with Crippen LogP contribution in [0.5, 0.6) is 5.75 Å². The van der Waals surface area contributed by atoms with Crippen molar-refractivity contribution in [1.29, 1.82) is 0 Å². The maximum Gasteiger partial charge on any atom is 0.192 e. The van der Waals surface area contributed by atoms with Crippen LogP contribution in [0.1, 0.15) is 0 Å². The molecule has 0 aliphatic rings. The van der Waals surface area contributed by atoms with Crippen LogP contribution >= 0.6 is 23.0 Å². The van der Waals surface area contributed by atoms with Crippen LogP contribution in [0.2, 0.25) is 0 Å². The number of benzene rings is 1. The van der Waals surface area contributed by atoms with Crippen LogP contribution < -0.4 is 3.07 Å². The summed E-state index contributed by atoms with van der Waals surface area (Å²) in [7, 11) is 0. The van der Waals surface area contributed by atoms with Gasteiger partial charge in [-0.25, -0.2) is 0 Å². The lowest BCUT2D eigenvalue weighted by Gasteiger charge is -2.01. The number of halogens is 1. The van der Waals surface area contributed by atoms with E-state index in [0.29, 0.717) is 0 Å². The Bertz CT molecular complexity index is 417. The predicted octanol–water partition coefficient (Wildman–Crippen LogP) is 3.48. The normalized spacial score (nSPS) is 9.79. The van der Waals surface area contributed by atoms with Crippen LogP contribution in [0.3, 0.4) is 0 Å². The first kappa shape index (κ1) is 9.45. The van der Waals surface area contributed by atoms with Gasteiger partial charge in [0, 0.05) is 11.8 Å². The van der Waals surface area contributed by atoms with Gasteiger partial charge in [-0.3, -0.25) is 4.98 Å². The Balaban J connectivity index is 2.42. The first-order valence-electron chi connectivity index (χ1n) is 4.20. The second kappa shape index (κ2) is 4.41. The largest absolute Gasteiger partial charge is 0.428 e. The van der Waals surface area contributed by atoms with Crippen LogP contribution in [0, 0.1) is 0 Å². The summed E-state index contributed by atoms with van der Waals surface area (Å²) in [5, 5.41) is 0.